The number of hydrogen-bond donors (Lipinski definition) is 0. The van der Waals surface area contributed by atoms with Crippen molar-refractivity contribution in [3.8, 4) is 0 Å². The van der Waals surface area contributed by atoms with E-state index in [-0.39, 0.29) is 0 Å². The molecule has 2 aromatic rings. The Hall–Kier alpha value is -1.75. The van der Waals surface area contributed by atoms with Crippen LogP contribution in [-0.2, 0) is 11.2 Å². The summed E-state index contributed by atoms with van der Waals surface area (Å²) in [6.07, 6.45) is 1.98. The maximum atomic E-state index is 5.72. The molecule has 0 saturated carbocycles. The van der Waals surface area contributed by atoms with Gasteiger partial charge in [-0.1, -0.05) is 13.8 Å². The quantitative estimate of drug-likeness (QED) is 0.749. The van der Waals surface area contributed by atoms with Gasteiger partial charge in [0.1, 0.15) is 11.6 Å². The normalized spacial score (nSPS) is 20.0. The van der Waals surface area contributed by atoms with Crippen LogP contribution in [0, 0.1) is 13.8 Å². The summed E-state index contributed by atoms with van der Waals surface area (Å²) >= 11 is 0. The number of pyridine rings is 1. The third-order valence-electron chi connectivity index (χ3n) is 4.11. The van der Waals surface area contributed by atoms with Crippen LogP contribution < -0.4 is 4.90 Å². The Labute approximate surface area is 131 Å². The van der Waals surface area contributed by atoms with Crippen molar-refractivity contribution in [2.75, 3.05) is 24.7 Å². The second-order valence-corrected chi connectivity index (χ2v) is 5.68. The minimum atomic E-state index is 0.358. The molecule has 2 aliphatic heterocycles. The van der Waals surface area contributed by atoms with E-state index >= 15 is 0 Å². The Bertz CT molecular complexity index is 681. The minimum absolute atomic E-state index is 0.358. The number of aryl methyl sites for hydroxylation is 2. The number of rotatable bonds is 0. The predicted molar refractivity (Wildman–Crippen MR) is 88.4 cm³/mol. The minimum Gasteiger partial charge on any atom is -0.379 e. The van der Waals surface area contributed by atoms with E-state index in [9.17, 15) is 0 Å². The summed E-state index contributed by atoms with van der Waals surface area (Å²) in [5.74, 6) is 1.88. The highest BCUT2D eigenvalue weighted by Crippen LogP contribution is 2.34. The molecule has 1 unspecified atom stereocenters. The molecule has 118 valence electrons. The van der Waals surface area contributed by atoms with Gasteiger partial charge in [0.15, 0.2) is 0 Å². The third-order valence-corrected chi connectivity index (χ3v) is 4.11. The summed E-state index contributed by atoms with van der Waals surface area (Å²) in [5, 5.41) is 1.14. The topological polar surface area (TPSA) is 51.1 Å². The average Bonchev–Trinajstić information content (AvgIpc) is 2.74. The summed E-state index contributed by atoms with van der Waals surface area (Å²) in [5.41, 5.74) is 3.18. The first-order chi connectivity index (χ1) is 10.7. The fourth-order valence-electron chi connectivity index (χ4n) is 3.31. The summed E-state index contributed by atoms with van der Waals surface area (Å²) in [6.45, 7) is 10.6. The average molecular weight is 300 g/mol. The van der Waals surface area contributed by atoms with E-state index in [0.29, 0.717) is 6.04 Å². The number of fused-ring (bicyclic) bond motifs is 2. The van der Waals surface area contributed by atoms with Crippen LogP contribution in [0.25, 0.3) is 10.9 Å². The van der Waals surface area contributed by atoms with Crippen LogP contribution in [0.3, 0.4) is 0 Å². The lowest BCUT2D eigenvalue weighted by Gasteiger charge is -2.35. The van der Waals surface area contributed by atoms with Gasteiger partial charge in [-0.05, 0) is 26.3 Å². The van der Waals surface area contributed by atoms with E-state index in [4.69, 9.17) is 14.7 Å². The maximum absolute atomic E-state index is 5.72. The van der Waals surface area contributed by atoms with Crippen molar-refractivity contribution >= 4 is 16.7 Å². The lowest BCUT2D eigenvalue weighted by molar-refractivity contribution is 0.133. The Balaban J connectivity index is 0.000000693. The smallest absolute Gasteiger partial charge is 0.142 e. The van der Waals surface area contributed by atoms with Gasteiger partial charge in [0, 0.05) is 25.3 Å². The molecule has 5 nitrogen and oxygen atoms in total. The van der Waals surface area contributed by atoms with Gasteiger partial charge in [-0.15, -0.1) is 0 Å². The third kappa shape index (κ3) is 2.54. The molecule has 0 aromatic carbocycles. The second-order valence-electron chi connectivity index (χ2n) is 5.68. The van der Waals surface area contributed by atoms with Crippen LogP contribution in [0.5, 0.6) is 0 Å². The molecule has 5 heteroatoms. The van der Waals surface area contributed by atoms with Gasteiger partial charge in [0.05, 0.1) is 29.2 Å². The van der Waals surface area contributed by atoms with Gasteiger partial charge in [-0.2, -0.15) is 0 Å². The van der Waals surface area contributed by atoms with Crippen molar-refractivity contribution in [1.29, 1.82) is 0 Å². The van der Waals surface area contributed by atoms with Crippen molar-refractivity contribution in [3.63, 3.8) is 0 Å². The Morgan fingerprint density at radius 2 is 2.00 bits per heavy atom. The number of ether oxygens (including phenoxy) is 1. The molecule has 2 aliphatic rings. The number of nitrogens with zero attached hydrogens (tertiary/aromatic N) is 4. The zero-order valence-corrected chi connectivity index (χ0v) is 13.9. The molecule has 4 heterocycles. The molecule has 2 aromatic heterocycles. The van der Waals surface area contributed by atoms with Crippen LogP contribution in [0.15, 0.2) is 6.07 Å². The van der Waals surface area contributed by atoms with Crippen molar-refractivity contribution in [2.45, 2.75) is 46.6 Å². The molecule has 0 amide bonds. The summed E-state index contributed by atoms with van der Waals surface area (Å²) in [7, 11) is 0. The van der Waals surface area contributed by atoms with Crippen molar-refractivity contribution in [1.82, 2.24) is 15.0 Å². The lowest BCUT2D eigenvalue weighted by Crippen LogP contribution is -2.42. The molecule has 0 radical (unpaired) electrons. The molecule has 22 heavy (non-hydrogen) atoms. The van der Waals surface area contributed by atoms with E-state index in [1.807, 2.05) is 27.7 Å². The highest BCUT2D eigenvalue weighted by molar-refractivity contribution is 5.93. The standard InChI is InChI=1S/C15H18N4O.C2H6/c1-9-6-12-14-13(16-9)7-11-8-20-5-3-4-19(11)15(14)18-10(2)17-12;1-2/h6,11H,3-5,7-8H2,1-2H3;1-2H3. The largest absolute Gasteiger partial charge is 0.379 e. The highest BCUT2D eigenvalue weighted by atomic mass is 16.5. The monoisotopic (exact) mass is 300 g/mol. The molecule has 0 N–H and O–H groups in total. The van der Waals surface area contributed by atoms with Crippen molar-refractivity contribution < 1.29 is 4.74 Å². The van der Waals surface area contributed by atoms with E-state index in [1.54, 1.807) is 0 Å². The predicted octanol–water partition coefficient (Wildman–Crippen LogP) is 2.82. The van der Waals surface area contributed by atoms with Gasteiger partial charge in [-0.25, -0.2) is 9.97 Å². The SMILES string of the molecule is CC.Cc1cc2nc(C)nc3c2c(n1)CC1COCCCN31. The van der Waals surface area contributed by atoms with E-state index < -0.39 is 0 Å². The summed E-state index contributed by atoms with van der Waals surface area (Å²) in [4.78, 5) is 16.4. The molecule has 0 bridgehead atoms. The summed E-state index contributed by atoms with van der Waals surface area (Å²) < 4.78 is 5.72. The van der Waals surface area contributed by atoms with Crippen LogP contribution in [0.1, 0.15) is 37.5 Å². The van der Waals surface area contributed by atoms with Gasteiger partial charge in [0.2, 0.25) is 0 Å². The molecule has 0 spiro atoms. The zero-order chi connectivity index (χ0) is 15.7. The Kier molecular flexibility index (Phi) is 4.25. The fourth-order valence-corrected chi connectivity index (χ4v) is 3.31. The first-order valence-electron chi connectivity index (χ1n) is 8.21. The van der Waals surface area contributed by atoms with Crippen LogP contribution in [-0.4, -0.2) is 40.8 Å². The molecular formula is C17H24N4O. The molecule has 0 aliphatic carbocycles. The second kappa shape index (κ2) is 6.16. The molecule has 1 atom stereocenters. The van der Waals surface area contributed by atoms with Gasteiger partial charge >= 0.3 is 0 Å². The van der Waals surface area contributed by atoms with Crippen LogP contribution >= 0.6 is 0 Å². The highest BCUT2D eigenvalue weighted by Gasteiger charge is 2.31. The first kappa shape index (κ1) is 15.2. The zero-order valence-electron chi connectivity index (χ0n) is 13.9. The molecular weight excluding hydrogens is 276 g/mol. The molecule has 1 saturated heterocycles. The Morgan fingerprint density at radius 3 is 2.82 bits per heavy atom. The number of aromatic nitrogens is 3. The first-order valence-corrected chi connectivity index (χ1v) is 8.21. The molecule has 1 fully saturated rings. The number of hydrogen-bond acceptors (Lipinski definition) is 5. The lowest BCUT2D eigenvalue weighted by atomic mass is 10.00. The molecule has 4 rings (SSSR count). The van der Waals surface area contributed by atoms with Crippen LogP contribution in [0.4, 0.5) is 5.82 Å². The van der Waals surface area contributed by atoms with E-state index in [1.165, 1.54) is 0 Å². The van der Waals surface area contributed by atoms with Crippen LogP contribution in [0.2, 0.25) is 0 Å². The van der Waals surface area contributed by atoms with E-state index in [2.05, 4.69) is 16.0 Å². The van der Waals surface area contributed by atoms with Gasteiger partial charge in [0.25, 0.3) is 0 Å². The fraction of sp³-hybridized carbons (Fsp3) is 0.588. The van der Waals surface area contributed by atoms with E-state index in [0.717, 1.165) is 66.5 Å². The Morgan fingerprint density at radius 1 is 1.18 bits per heavy atom. The summed E-state index contributed by atoms with van der Waals surface area (Å²) in [6, 6.07) is 2.42. The van der Waals surface area contributed by atoms with Crippen molar-refractivity contribution in [3.05, 3.63) is 23.3 Å². The van der Waals surface area contributed by atoms with Gasteiger partial charge < -0.3 is 9.64 Å². The maximum Gasteiger partial charge on any atom is 0.142 e. The number of anilines is 1. The van der Waals surface area contributed by atoms with Gasteiger partial charge in [-0.3, -0.25) is 4.98 Å². The van der Waals surface area contributed by atoms with Crippen molar-refractivity contribution in [2.24, 2.45) is 0 Å².